The van der Waals surface area contributed by atoms with E-state index in [1.54, 1.807) is 6.92 Å². The van der Waals surface area contributed by atoms with E-state index in [9.17, 15) is 12.8 Å². The summed E-state index contributed by atoms with van der Waals surface area (Å²) in [7, 11) is -3.67. The van der Waals surface area contributed by atoms with Crippen LogP contribution in [0, 0.1) is 5.82 Å². The lowest BCUT2D eigenvalue weighted by atomic mass is 10.4. The molecule has 0 atom stereocenters. The molecular weight excluding hydrogens is 193 g/mol. The van der Waals surface area contributed by atoms with Crippen LogP contribution < -0.4 is 4.72 Å². The van der Waals surface area contributed by atoms with Gasteiger partial charge in [-0.1, -0.05) is 19.1 Å². The van der Waals surface area contributed by atoms with Crippen LogP contribution in [0.5, 0.6) is 0 Å². The van der Waals surface area contributed by atoms with Gasteiger partial charge in [0, 0.05) is 6.54 Å². The second-order valence-electron chi connectivity index (χ2n) is 2.43. The fourth-order valence-corrected chi connectivity index (χ4v) is 2.05. The first-order valence-electron chi connectivity index (χ1n) is 3.82. The Bertz CT molecular complexity index is 389. The van der Waals surface area contributed by atoms with Crippen molar-refractivity contribution in [1.29, 1.82) is 0 Å². The second-order valence-corrected chi connectivity index (χ2v) is 4.17. The van der Waals surface area contributed by atoms with Crippen molar-refractivity contribution in [3.63, 3.8) is 0 Å². The van der Waals surface area contributed by atoms with Crippen LogP contribution in [0.3, 0.4) is 0 Å². The highest BCUT2D eigenvalue weighted by Gasteiger charge is 2.16. The zero-order chi connectivity index (χ0) is 9.90. The van der Waals surface area contributed by atoms with Gasteiger partial charge >= 0.3 is 0 Å². The van der Waals surface area contributed by atoms with Crippen molar-refractivity contribution in [3.05, 3.63) is 30.1 Å². The van der Waals surface area contributed by atoms with Gasteiger partial charge in [-0.05, 0) is 12.1 Å². The fraction of sp³-hybridized carbons (Fsp3) is 0.250. The van der Waals surface area contributed by atoms with E-state index in [-0.39, 0.29) is 11.4 Å². The Morgan fingerprint density at radius 2 is 2.00 bits per heavy atom. The number of hydrogen-bond acceptors (Lipinski definition) is 2. The average molecular weight is 203 g/mol. The molecule has 5 heteroatoms. The summed E-state index contributed by atoms with van der Waals surface area (Å²) in [4.78, 5) is -0.308. The molecule has 0 saturated heterocycles. The molecule has 0 unspecified atom stereocenters. The number of sulfonamides is 1. The van der Waals surface area contributed by atoms with Crippen molar-refractivity contribution in [2.45, 2.75) is 11.8 Å². The highest BCUT2D eigenvalue weighted by Crippen LogP contribution is 2.12. The predicted octanol–water partition coefficient (Wildman–Crippen LogP) is 1.12. The fourth-order valence-electron chi connectivity index (χ4n) is 0.930. The van der Waals surface area contributed by atoms with Gasteiger partial charge in [-0.15, -0.1) is 0 Å². The quantitative estimate of drug-likeness (QED) is 0.800. The summed E-state index contributed by atoms with van der Waals surface area (Å²) in [6.07, 6.45) is 0. The Morgan fingerprint density at radius 3 is 2.54 bits per heavy atom. The van der Waals surface area contributed by atoms with E-state index in [4.69, 9.17) is 0 Å². The molecule has 0 aliphatic carbocycles. The molecule has 0 saturated carbocycles. The summed E-state index contributed by atoms with van der Waals surface area (Å²) < 4.78 is 37.8. The largest absolute Gasteiger partial charge is 0.243 e. The highest BCUT2D eigenvalue weighted by molar-refractivity contribution is 7.89. The van der Waals surface area contributed by atoms with Gasteiger partial charge in [-0.2, -0.15) is 0 Å². The van der Waals surface area contributed by atoms with Gasteiger partial charge in [0.15, 0.2) is 0 Å². The van der Waals surface area contributed by atoms with Crippen LogP contribution in [0.4, 0.5) is 4.39 Å². The molecule has 1 rings (SSSR count). The third-order valence-corrected chi connectivity index (χ3v) is 3.04. The molecule has 0 aliphatic heterocycles. The molecular formula is C8H10FNO2S. The molecule has 0 aromatic heterocycles. The topological polar surface area (TPSA) is 46.2 Å². The molecule has 0 amide bonds. The minimum absolute atomic E-state index is 0.247. The van der Waals surface area contributed by atoms with E-state index in [0.29, 0.717) is 0 Å². The van der Waals surface area contributed by atoms with Crippen molar-refractivity contribution in [1.82, 2.24) is 4.72 Å². The van der Waals surface area contributed by atoms with Crippen molar-refractivity contribution in [3.8, 4) is 0 Å². The van der Waals surface area contributed by atoms with Crippen molar-refractivity contribution in [2.75, 3.05) is 6.54 Å². The third kappa shape index (κ3) is 2.26. The van der Waals surface area contributed by atoms with Gasteiger partial charge in [-0.25, -0.2) is 17.5 Å². The van der Waals surface area contributed by atoms with Gasteiger partial charge < -0.3 is 0 Å². The number of halogens is 1. The van der Waals surface area contributed by atoms with Crippen LogP contribution in [0.15, 0.2) is 29.2 Å². The summed E-state index contributed by atoms with van der Waals surface area (Å²) in [5.74, 6) is -0.733. The predicted molar refractivity (Wildman–Crippen MR) is 47.3 cm³/mol. The van der Waals surface area contributed by atoms with Crippen LogP contribution in [-0.4, -0.2) is 15.0 Å². The van der Waals surface area contributed by atoms with Gasteiger partial charge in [0.2, 0.25) is 10.0 Å². The monoisotopic (exact) mass is 203 g/mol. The molecule has 0 bridgehead atoms. The van der Waals surface area contributed by atoms with E-state index in [1.165, 1.54) is 18.2 Å². The van der Waals surface area contributed by atoms with Crippen LogP contribution in [0.25, 0.3) is 0 Å². The molecule has 3 nitrogen and oxygen atoms in total. The van der Waals surface area contributed by atoms with Gasteiger partial charge in [-0.3, -0.25) is 0 Å². The average Bonchev–Trinajstić information content (AvgIpc) is 2.04. The van der Waals surface area contributed by atoms with Gasteiger partial charge in [0.25, 0.3) is 0 Å². The van der Waals surface area contributed by atoms with E-state index in [2.05, 4.69) is 4.72 Å². The lowest BCUT2D eigenvalue weighted by molar-refractivity contribution is 0.558. The smallest absolute Gasteiger partial charge is 0.211 e. The molecule has 1 aromatic rings. The Labute approximate surface area is 76.6 Å². The summed E-state index contributed by atoms with van der Waals surface area (Å²) >= 11 is 0. The van der Waals surface area contributed by atoms with Crippen LogP contribution in [0.2, 0.25) is 0 Å². The molecule has 0 heterocycles. The van der Waals surface area contributed by atoms with E-state index in [0.717, 1.165) is 6.07 Å². The molecule has 1 aromatic carbocycles. The summed E-state index contributed by atoms with van der Waals surface area (Å²) in [6, 6.07) is 5.27. The first-order valence-corrected chi connectivity index (χ1v) is 5.30. The number of benzene rings is 1. The first-order chi connectivity index (χ1) is 6.08. The normalized spacial score (nSPS) is 11.5. The minimum Gasteiger partial charge on any atom is -0.211 e. The summed E-state index contributed by atoms with van der Waals surface area (Å²) in [5.41, 5.74) is 0. The highest BCUT2D eigenvalue weighted by atomic mass is 32.2. The summed E-state index contributed by atoms with van der Waals surface area (Å²) in [5, 5.41) is 0. The van der Waals surface area contributed by atoms with Gasteiger partial charge in [0.1, 0.15) is 10.7 Å². The maximum atomic E-state index is 13.0. The third-order valence-electron chi connectivity index (χ3n) is 1.46. The Morgan fingerprint density at radius 1 is 1.38 bits per heavy atom. The van der Waals surface area contributed by atoms with Gasteiger partial charge in [0.05, 0.1) is 0 Å². The number of nitrogens with one attached hydrogen (secondary N) is 1. The molecule has 0 spiro atoms. The van der Waals surface area contributed by atoms with Crippen LogP contribution in [0.1, 0.15) is 6.92 Å². The van der Waals surface area contributed by atoms with Crippen molar-refractivity contribution < 1.29 is 12.8 Å². The minimum atomic E-state index is -3.67. The second kappa shape index (κ2) is 3.85. The Hall–Kier alpha value is -0.940. The van der Waals surface area contributed by atoms with Crippen LogP contribution >= 0.6 is 0 Å². The first kappa shape index (κ1) is 10.1. The number of rotatable bonds is 3. The zero-order valence-electron chi connectivity index (χ0n) is 7.12. The van der Waals surface area contributed by atoms with E-state index in [1.807, 2.05) is 0 Å². The molecule has 0 aliphatic rings. The lowest BCUT2D eigenvalue weighted by Crippen LogP contribution is -2.23. The molecule has 72 valence electrons. The maximum Gasteiger partial charge on any atom is 0.243 e. The maximum absolute atomic E-state index is 13.0. The standard InChI is InChI=1S/C8H10FNO2S/c1-2-10-13(11,12)8-6-4-3-5-7(8)9/h3-6,10H,2H2,1H3. The summed E-state index contributed by atoms with van der Waals surface area (Å²) in [6.45, 7) is 1.88. The zero-order valence-corrected chi connectivity index (χ0v) is 7.94. The SMILES string of the molecule is CCNS(=O)(=O)c1ccccc1F. The molecule has 0 radical (unpaired) electrons. The lowest BCUT2D eigenvalue weighted by Gasteiger charge is -2.04. The molecule has 0 fully saturated rings. The number of hydrogen-bond donors (Lipinski definition) is 1. The van der Waals surface area contributed by atoms with Crippen molar-refractivity contribution in [2.24, 2.45) is 0 Å². The van der Waals surface area contributed by atoms with E-state index >= 15 is 0 Å². The van der Waals surface area contributed by atoms with E-state index < -0.39 is 15.8 Å². The Kier molecular flexibility index (Phi) is 3.00. The molecule has 1 N–H and O–H groups in total. The molecule has 13 heavy (non-hydrogen) atoms. The van der Waals surface area contributed by atoms with Crippen LogP contribution in [-0.2, 0) is 10.0 Å². The van der Waals surface area contributed by atoms with Crippen molar-refractivity contribution >= 4 is 10.0 Å². The Balaban J connectivity index is 3.15.